The van der Waals surface area contributed by atoms with Crippen molar-refractivity contribution < 1.29 is 9.90 Å². The van der Waals surface area contributed by atoms with Crippen molar-refractivity contribution in [3.8, 4) is 5.75 Å². The van der Waals surface area contributed by atoms with E-state index in [-0.39, 0.29) is 23.1 Å². The second-order valence-electron chi connectivity index (χ2n) is 5.57. The van der Waals surface area contributed by atoms with Gasteiger partial charge in [-0.25, -0.2) is 0 Å². The van der Waals surface area contributed by atoms with Crippen LogP contribution in [0.1, 0.15) is 26.3 Å². The number of hydrogen-bond acceptors (Lipinski definition) is 3. The quantitative estimate of drug-likeness (QED) is 0.756. The van der Waals surface area contributed by atoms with Crippen LogP contribution in [0.3, 0.4) is 0 Å². The first-order chi connectivity index (χ1) is 8.32. The van der Waals surface area contributed by atoms with Crippen LogP contribution in [0.2, 0.25) is 0 Å². The zero-order valence-corrected chi connectivity index (χ0v) is 11.2. The fraction of sp³-hybridized carbons (Fsp3) is 0.500. The minimum atomic E-state index is -0.0562. The van der Waals surface area contributed by atoms with Gasteiger partial charge in [0, 0.05) is 12.6 Å². The highest BCUT2D eigenvalue weighted by atomic mass is 16.3. The summed E-state index contributed by atoms with van der Waals surface area (Å²) in [4.78, 5) is 11.9. The molecule has 4 nitrogen and oxygen atoms in total. The molecular weight excluding hydrogens is 228 g/mol. The molecular formula is C14H22N2O2. The van der Waals surface area contributed by atoms with E-state index in [9.17, 15) is 4.79 Å². The molecule has 0 heterocycles. The van der Waals surface area contributed by atoms with Crippen molar-refractivity contribution in [2.45, 2.75) is 33.2 Å². The van der Waals surface area contributed by atoms with E-state index in [1.165, 1.54) is 0 Å². The first-order valence-corrected chi connectivity index (χ1v) is 6.10. The lowest BCUT2D eigenvalue weighted by molar-refractivity contribution is -0.121. The summed E-state index contributed by atoms with van der Waals surface area (Å²) in [6, 6.07) is 6.59. The largest absolute Gasteiger partial charge is 0.508 e. The van der Waals surface area contributed by atoms with Gasteiger partial charge < -0.3 is 16.2 Å². The fourth-order valence-electron chi connectivity index (χ4n) is 1.67. The van der Waals surface area contributed by atoms with Crippen molar-refractivity contribution in [2.75, 3.05) is 6.54 Å². The summed E-state index contributed by atoms with van der Waals surface area (Å²) < 4.78 is 0. The standard InChI is InChI=1S/C14H22N2O2/c1-14(2,3)12(9-15)16-13(18)8-10-4-6-11(17)7-5-10/h4-7,12,17H,8-9,15H2,1-3H3,(H,16,18). The van der Waals surface area contributed by atoms with E-state index in [2.05, 4.69) is 5.32 Å². The minimum Gasteiger partial charge on any atom is -0.508 e. The first-order valence-electron chi connectivity index (χ1n) is 6.10. The van der Waals surface area contributed by atoms with Crippen molar-refractivity contribution in [3.05, 3.63) is 29.8 Å². The monoisotopic (exact) mass is 250 g/mol. The van der Waals surface area contributed by atoms with Crippen LogP contribution < -0.4 is 11.1 Å². The number of carbonyl (C=O) groups excluding carboxylic acids is 1. The van der Waals surface area contributed by atoms with Crippen LogP contribution in [0.4, 0.5) is 0 Å². The highest BCUT2D eigenvalue weighted by Gasteiger charge is 2.24. The molecule has 0 spiro atoms. The third kappa shape index (κ3) is 4.37. The molecule has 4 N–H and O–H groups in total. The molecule has 100 valence electrons. The first kappa shape index (κ1) is 14.5. The summed E-state index contributed by atoms with van der Waals surface area (Å²) in [6.07, 6.45) is 0.298. The molecule has 0 saturated heterocycles. The summed E-state index contributed by atoms with van der Waals surface area (Å²) in [5, 5.41) is 12.1. The molecule has 1 aromatic carbocycles. The Morgan fingerprint density at radius 1 is 1.33 bits per heavy atom. The minimum absolute atomic E-state index is 0.0397. The number of rotatable bonds is 4. The van der Waals surface area contributed by atoms with Gasteiger partial charge in [-0.1, -0.05) is 32.9 Å². The van der Waals surface area contributed by atoms with Crippen molar-refractivity contribution >= 4 is 5.91 Å². The van der Waals surface area contributed by atoms with E-state index >= 15 is 0 Å². The number of carbonyl (C=O) groups is 1. The maximum absolute atomic E-state index is 11.9. The van der Waals surface area contributed by atoms with E-state index < -0.39 is 0 Å². The summed E-state index contributed by atoms with van der Waals surface area (Å²) in [7, 11) is 0. The smallest absolute Gasteiger partial charge is 0.224 e. The second kappa shape index (κ2) is 5.87. The molecule has 4 heteroatoms. The molecule has 0 saturated carbocycles. The van der Waals surface area contributed by atoms with Crippen LogP contribution in [0, 0.1) is 5.41 Å². The van der Waals surface area contributed by atoms with E-state index in [1.807, 2.05) is 20.8 Å². The number of phenols is 1. The predicted octanol–water partition coefficient (Wildman–Crippen LogP) is 1.42. The average molecular weight is 250 g/mol. The lowest BCUT2D eigenvalue weighted by Gasteiger charge is -2.30. The SMILES string of the molecule is CC(C)(C)C(CN)NC(=O)Cc1ccc(O)cc1. The van der Waals surface area contributed by atoms with Gasteiger partial charge in [0.2, 0.25) is 5.91 Å². The number of amides is 1. The van der Waals surface area contributed by atoms with Gasteiger partial charge in [0.15, 0.2) is 0 Å². The third-order valence-electron chi connectivity index (χ3n) is 2.92. The lowest BCUT2D eigenvalue weighted by atomic mass is 9.86. The molecule has 0 aliphatic carbocycles. The topological polar surface area (TPSA) is 75.3 Å². The van der Waals surface area contributed by atoms with Crippen molar-refractivity contribution in [1.82, 2.24) is 5.32 Å². The summed E-state index contributed by atoms with van der Waals surface area (Å²) >= 11 is 0. The maximum Gasteiger partial charge on any atom is 0.224 e. The predicted molar refractivity (Wildman–Crippen MR) is 72.3 cm³/mol. The number of phenolic OH excluding ortho intramolecular Hbond substituents is 1. The molecule has 1 unspecified atom stereocenters. The fourth-order valence-corrected chi connectivity index (χ4v) is 1.67. The zero-order valence-electron chi connectivity index (χ0n) is 11.2. The van der Waals surface area contributed by atoms with Crippen LogP contribution >= 0.6 is 0 Å². The van der Waals surface area contributed by atoms with Gasteiger partial charge in [0.1, 0.15) is 5.75 Å². The van der Waals surface area contributed by atoms with Gasteiger partial charge in [-0.05, 0) is 23.1 Å². The van der Waals surface area contributed by atoms with Crippen LogP contribution in [0.25, 0.3) is 0 Å². The van der Waals surface area contributed by atoms with Gasteiger partial charge in [-0.15, -0.1) is 0 Å². The number of hydrogen-bond donors (Lipinski definition) is 3. The average Bonchev–Trinajstić information content (AvgIpc) is 2.27. The Hall–Kier alpha value is -1.55. The maximum atomic E-state index is 11.9. The van der Waals surface area contributed by atoms with Crippen LogP contribution in [0.15, 0.2) is 24.3 Å². The number of nitrogens with two attached hydrogens (primary N) is 1. The van der Waals surface area contributed by atoms with E-state index in [4.69, 9.17) is 10.8 Å². The van der Waals surface area contributed by atoms with Crippen molar-refractivity contribution in [3.63, 3.8) is 0 Å². The highest BCUT2D eigenvalue weighted by Crippen LogP contribution is 2.18. The van der Waals surface area contributed by atoms with Crippen LogP contribution in [-0.2, 0) is 11.2 Å². The summed E-state index contributed by atoms with van der Waals surface area (Å²) in [5.41, 5.74) is 6.49. The number of nitrogens with one attached hydrogen (secondary N) is 1. The molecule has 0 radical (unpaired) electrons. The Balaban J connectivity index is 2.58. The third-order valence-corrected chi connectivity index (χ3v) is 2.92. The molecule has 1 aromatic rings. The van der Waals surface area contributed by atoms with E-state index in [1.54, 1.807) is 24.3 Å². The lowest BCUT2D eigenvalue weighted by Crippen LogP contribution is -2.48. The molecule has 0 aliphatic rings. The van der Waals surface area contributed by atoms with Crippen LogP contribution in [0.5, 0.6) is 5.75 Å². The molecule has 0 aliphatic heterocycles. The molecule has 1 rings (SSSR count). The van der Waals surface area contributed by atoms with Gasteiger partial charge >= 0.3 is 0 Å². The van der Waals surface area contributed by atoms with E-state index in [0.29, 0.717) is 13.0 Å². The number of benzene rings is 1. The van der Waals surface area contributed by atoms with Crippen molar-refractivity contribution in [1.29, 1.82) is 0 Å². The summed E-state index contributed by atoms with van der Waals surface area (Å²) in [5.74, 6) is 0.153. The molecule has 1 amide bonds. The van der Waals surface area contributed by atoms with Gasteiger partial charge in [0.05, 0.1) is 6.42 Å². The number of aromatic hydroxyl groups is 1. The Labute approximate surface area is 108 Å². The van der Waals surface area contributed by atoms with Gasteiger partial charge in [-0.2, -0.15) is 0 Å². The van der Waals surface area contributed by atoms with Crippen LogP contribution in [-0.4, -0.2) is 23.6 Å². The second-order valence-corrected chi connectivity index (χ2v) is 5.57. The summed E-state index contributed by atoms with van der Waals surface area (Å²) in [6.45, 7) is 6.56. The Morgan fingerprint density at radius 3 is 2.33 bits per heavy atom. The molecule has 0 fully saturated rings. The molecule has 0 bridgehead atoms. The molecule has 1 atom stereocenters. The highest BCUT2D eigenvalue weighted by molar-refractivity contribution is 5.79. The van der Waals surface area contributed by atoms with Crippen molar-refractivity contribution in [2.24, 2.45) is 11.1 Å². The van der Waals surface area contributed by atoms with E-state index in [0.717, 1.165) is 5.56 Å². The normalized spacial score (nSPS) is 13.1. The van der Waals surface area contributed by atoms with Gasteiger partial charge in [-0.3, -0.25) is 4.79 Å². The molecule has 0 aromatic heterocycles. The zero-order chi connectivity index (χ0) is 13.8. The Kier molecular flexibility index (Phi) is 4.73. The Bertz CT molecular complexity index is 393. The van der Waals surface area contributed by atoms with Gasteiger partial charge in [0.25, 0.3) is 0 Å². The molecule has 18 heavy (non-hydrogen) atoms. The Morgan fingerprint density at radius 2 is 1.89 bits per heavy atom.